The second kappa shape index (κ2) is 65.3. The average molecular weight is 1070 g/mol. The van der Waals surface area contributed by atoms with E-state index >= 15 is 0 Å². The average Bonchev–Trinajstić information content (AvgIpc) is 3.42. The standard InChI is InChI=1S/C70H131NO5/c1-3-5-7-9-11-13-15-17-18-36-39-42-46-50-54-58-62-68(73)67(66-72)71-69(74)63-59-55-51-47-43-40-37-34-32-30-28-26-24-22-20-19-21-23-25-27-29-31-33-35-38-41-45-49-53-57-61-65-76-70(75)64-60-56-52-48-44-16-14-12-10-8-6-4-2/h12,14,21,23,27,29,58,62,67-68,72-73H,3-11,13,15-20,22,24-26,28,30-57,59-61,63-66H2,1-2H3,(H,71,74)/b14-12-,23-21-,29-27-,62-58+. The monoisotopic (exact) mass is 1070 g/mol. The zero-order valence-electron chi connectivity index (χ0n) is 51.0. The Morgan fingerprint density at radius 1 is 0.368 bits per heavy atom. The smallest absolute Gasteiger partial charge is 0.305 e. The van der Waals surface area contributed by atoms with Crippen molar-refractivity contribution in [3.8, 4) is 0 Å². The summed E-state index contributed by atoms with van der Waals surface area (Å²) in [4.78, 5) is 24.5. The van der Waals surface area contributed by atoms with E-state index in [0.717, 1.165) is 51.4 Å². The fourth-order valence-corrected chi connectivity index (χ4v) is 10.4. The van der Waals surface area contributed by atoms with Crippen LogP contribution >= 0.6 is 0 Å². The molecule has 0 aliphatic carbocycles. The molecule has 1 amide bonds. The second-order valence-corrected chi connectivity index (χ2v) is 23.1. The fraction of sp³-hybridized carbons (Fsp3) is 0.857. The lowest BCUT2D eigenvalue weighted by Gasteiger charge is -2.20. The van der Waals surface area contributed by atoms with Crippen LogP contribution in [0, 0.1) is 0 Å². The molecule has 0 saturated carbocycles. The van der Waals surface area contributed by atoms with Gasteiger partial charge in [0.1, 0.15) is 0 Å². The van der Waals surface area contributed by atoms with Crippen LogP contribution in [0.15, 0.2) is 48.6 Å². The molecule has 0 radical (unpaired) electrons. The van der Waals surface area contributed by atoms with Gasteiger partial charge in [-0.15, -0.1) is 0 Å². The number of unbranched alkanes of at least 4 members (excludes halogenated alkanes) is 46. The van der Waals surface area contributed by atoms with Crippen molar-refractivity contribution in [1.29, 1.82) is 0 Å². The number of esters is 1. The van der Waals surface area contributed by atoms with Gasteiger partial charge in [0.2, 0.25) is 5.91 Å². The Bertz CT molecular complexity index is 1270. The molecule has 0 heterocycles. The van der Waals surface area contributed by atoms with Crippen LogP contribution in [-0.4, -0.2) is 47.4 Å². The number of aliphatic hydroxyl groups is 2. The van der Waals surface area contributed by atoms with E-state index in [9.17, 15) is 19.8 Å². The fourth-order valence-electron chi connectivity index (χ4n) is 10.4. The zero-order chi connectivity index (χ0) is 55.0. The molecule has 0 aliphatic heterocycles. The van der Waals surface area contributed by atoms with Gasteiger partial charge in [0, 0.05) is 12.8 Å². The lowest BCUT2D eigenvalue weighted by molar-refractivity contribution is -0.143. The van der Waals surface area contributed by atoms with Crippen LogP contribution in [0.3, 0.4) is 0 Å². The van der Waals surface area contributed by atoms with Gasteiger partial charge in [-0.3, -0.25) is 9.59 Å². The van der Waals surface area contributed by atoms with Crippen molar-refractivity contribution in [2.24, 2.45) is 0 Å². The predicted octanol–water partition coefficient (Wildman–Crippen LogP) is 21.7. The van der Waals surface area contributed by atoms with E-state index in [4.69, 9.17) is 4.74 Å². The second-order valence-electron chi connectivity index (χ2n) is 23.1. The number of ether oxygens (including phenoxy) is 1. The summed E-state index contributed by atoms with van der Waals surface area (Å²) in [5, 5.41) is 23.2. The Morgan fingerprint density at radius 3 is 1.04 bits per heavy atom. The van der Waals surface area contributed by atoms with Gasteiger partial charge in [0.05, 0.1) is 25.4 Å². The van der Waals surface area contributed by atoms with Gasteiger partial charge >= 0.3 is 5.97 Å². The van der Waals surface area contributed by atoms with Crippen LogP contribution in [0.25, 0.3) is 0 Å². The van der Waals surface area contributed by atoms with E-state index in [0.29, 0.717) is 19.4 Å². The Hall–Kier alpha value is -2.18. The maximum Gasteiger partial charge on any atom is 0.305 e. The van der Waals surface area contributed by atoms with Crippen molar-refractivity contribution in [2.75, 3.05) is 13.2 Å². The van der Waals surface area contributed by atoms with Crippen molar-refractivity contribution in [2.45, 2.75) is 373 Å². The Labute approximate surface area is 474 Å². The molecule has 0 spiro atoms. The minimum absolute atomic E-state index is 0.00262. The molecule has 0 fully saturated rings. The van der Waals surface area contributed by atoms with E-state index in [2.05, 4.69) is 55.6 Å². The third-order valence-electron chi connectivity index (χ3n) is 15.6. The molecule has 0 aliphatic rings. The highest BCUT2D eigenvalue weighted by molar-refractivity contribution is 5.76. The minimum atomic E-state index is -0.844. The summed E-state index contributed by atoms with van der Waals surface area (Å²) in [5.41, 5.74) is 0. The van der Waals surface area contributed by atoms with E-state index < -0.39 is 12.1 Å². The van der Waals surface area contributed by atoms with Crippen molar-refractivity contribution in [1.82, 2.24) is 5.32 Å². The van der Waals surface area contributed by atoms with Gasteiger partial charge in [-0.1, -0.05) is 306 Å². The quantitative estimate of drug-likeness (QED) is 0.0320. The third kappa shape index (κ3) is 61.0. The summed E-state index contributed by atoms with van der Waals surface area (Å²) in [5.74, 6) is -0.0630. The molecule has 2 unspecified atom stereocenters. The summed E-state index contributed by atoms with van der Waals surface area (Å²) in [6.45, 7) is 4.89. The molecule has 6 nitrogen and oxygen atoms in total. The summed E-state index contributed by atoms with van der Waals surface area (Å²) in [6, 6.07) is -0.628. The van der Waals surface area contributed by atoms with Gasteiger partial charge in [-0.25, -0.2) is 0 Å². The maximum absolute atomic E-state index is 12.5. The number of hydrogen-bond acceptors (Lipinski definition) is 5. The van der Waals surface area contributed by atoms with Crippen LogP contribution in [0.2, 0.25) is 0 Å². The number of carbonyl (C=O) groups excluding carboxylic acids is 2. The largest absolute Gasteiger partial charge is 0.466 e. The predicted molar refractivity (Wildman–Crippen MR) is 333 cm³/mol. The number of aliphatic hydroxyl groups excluding tert-OH is 2. The first-order valence-corrected chi connectivity index (χ1v) is 33.9. The molecule has 6 heteroatoms. The van der Waals surface area contributed by atoms with Crippen molar-refractivity contribution in [3.05, 3.63) is 48.6 Å². The van der Waals surface area contributed by atoms with Gasteiger partial charge in [-0.05, 0) is 89.9 Å². The highest BCUT2D eigenvalue weighted by Gasteiger charge is 2.18. The lowest BCUT2D eigenvalue weighted by Crippen LogP contribution is -2.45. The molecule has 3 N–H and O–H groups in total. The maximum atomic E-state index is 12.5. The SMILES string of the molecule is CCCCC/C=C\CCCCCCCC(=O)OCCCCCCCCCCC/C=C\C/C=C\CCCCCCCCCCCCCCCCCC(=O)NC(CO)C(O)/C=C/CCCCCCCCCCCCCCCC. The van der Waals surface area contributed by atoms with Crippen molar-refractivity contribution < 1.29 is 24.5 Å². The van der Waals surface area contributed by atoms with Crippen LogP contribution in [0.5, 0.6) is 0 Å². The molecule has 0 saturated heterocycles. The summed E-state index contributed by atoms with van der Waals surface area (Å²) in [7, 11) is 0. The lowest BCUT2D eigenvalue weighted by atomic mass is 10.0. The molecule has 76 heavy (non-hydrogen) atoms. The topological polar surface area (TPSA) is 95.9 Å². The Kier molecular flexibility index (Phi) is 63.5. The molecular formula is C70H131NO5. The Morgan fingerprint density at radius 2 is 0.658 bits per heavy atom. The van der Waals surface area contributed by atoms with E-state index in [-0.39, 0.29) is 18.5 Å². The molecule has 0 aromatic heterocycles. The van der Waals surface area contributed by atoms with E-state index in [1.807, 2.05) is 6.08 Å². The first-order valence-electron chi connectivity index (χ1n) is 33.9. The molecule has 0 aromatic carbocycles. The number of carbonyl (C=O) groups is 2. The van der Waals surface area contributed by atoms with Crippen molar-refractivity contribution >= 4 is 11.9 Å². The molecule has 2 atom stereocenters. The normalized spacial score (nSPS) is 12.8. The Balaban J connectivity index is 3.42. The molecule has 0 aromatic rings. The van der Waals surface area contributed by atoms with Crippen LogP contribution in [0.1, 0.15) is 361 Å². The highest BCUT2D eigenvalue weighted by atomic mass is 16.5. The van der Waals surface area contributed by atoms with Gasteiger partial charge in [0.15, 0.2) is 0 Å². The van der Waals surface area contributed by atoms with Gasteiger partial charge in [-0.2, -0.15) is 0 Å². The molecule has 446 valence electrons. The third-order valence-corrected chi connectivity index (χ3v) is 15.6. The van der Waals surface area contributed by atoms with Gasteiger partial charge < -0.3 is 20.3 Å². The molecule has 0 bridgehead atoms. The summed E-state index contributed by atoms with van der Waals surface area (Å²) in [6.07, 6.45) is 84.7. The number of rotatable bonds is 63. The van der Waals surface area contributed by atoms with Crippen LogP contribution < -0.4 is 5.32 Å². The van der Waals surface area contributed by atoms with Crippen molar-refractivity contribution in [3.63, 3.8) is 0 Å². The van der Waals surface area contributed by atoms with E-state index in [1.54, 1.807) is 6.08 Å². The first kappa shape index (κ1) is 73.8. The van der Waals surface area contributed by atoms with Crippen LogP contribution in [-0.2, 0) is 14.3 Å². The zero-order valence-corrected chi connectivity index (χ0v) is 51.0. The van der Waals surface area contributed by atoms with E-state index in [1.165, 1.54) is 283 Å². The number of allylic oxidation sites excluding steroid dienone is 7. The molecule has 0 rings (SSSR count). The number of nitrogens with one attached hydrogen (secondary N) is 1. The highest BCUT2D eigenvalue weighted by Crippen LogP contribution is 2.17. The summed E-state index contributed by atoms with van der Waals surface area (Å²) >= 11 is 0. The van der Waals surface area contributed by atoms with Gasteiger partial charge in [0.25, 0.3) is 0 Å². The first-order chi connectivity index (χ1) is 37.5. The molecular weight excluding hydrogens is 935 g/mol. The number of amides is 1. The number of hydrogen-bond donors (Lipinski definition) is 3. The van der Waals surface area contributed by atoms with Crippen LogP contribution in [0.4, 0.5) is 0 Å². The minimum Gasteiger partial charge on any atom is -0.466 e. The summed E-state index contributed by atoms with van der Waals surface area (Å²) < 4.78 is 5.47.